The molecule has 2 heterocycles. The zero-order valence-corrected chi connectivity index (χ0v) is 17.0. The number of hydrogen-bond donors (Lipinski definition) is 0. The van der Waals surface area contributed by atoms with Gasteiger partial charge >= 0.3 is 0 Å². The van der Waals surface area contributed by atoms with Gasteiger partial charge in [-0.25, -0.2) is 0 Å². The summed E-state index contributed by atoms with van der Waals surface area (Å²) in [4.78, 5) is 4.35. The third-order valence-corrected chi connectivity index (χ3v) is 6.59. The SMILES string of the molecule is CC1(C)c2ccccc2-c2ccc(-n3c4ccncc4c4ccc(Cl)cc43)cc21. The molecule has 6 rings (SSSR count). The Morgan fingerprint density at radius 2 is 1.62 bits per heavy atom. The van der Waals surface area contributed by atoms with Crippen molar-refractivity contribution in [3.63, 3.8) is 0 Å². The lowest BCUT2D eigenvalue weighted by atomic mass is 9.82. The van der Waals surface area contributed by atoms with Crippen LogP contribution in [0, 0.1) is 0 Å². The molecule has 0 aliphatic heterocycles. The van der Waals surface area contributed by atoms with Crippen LogP contribution in [0.5, 0.6) is 0 Å². The van der Waals surface area contributed by atoms with E-state index in [0.29, 0.717) is 0 Å². The summed E-state index contributed by atoms with van der Waals surface area (Å²) in [6, 6.07) is 23.7. The molecule has 2 nitrogen and oxygen atoms in total. The molecular weight excluding hydrogens is 376 g/mol. The van der Waals surface area contributed by atoms with Gasteiger partial charge in [-0.3, -0.25) is 4.98 Å². The Kier molecular flexibility index (Phi) is 3.31. The number of benzene rings is 3. The molecule has 29 heavy (non-hydrogen) atoms. The summed E-state index contributed by atoms with van der Waals surface area (Å²) in [7, 11) is 0. The van der Waals surface area contributed by atoms with Gasteiger partial charge in [0.15, 0.2) is 0 Å². The van der Waals surface area contributed by atoms with E-state index in [4.69, 9.17) is 11.6 Å². The van der Waals surface area contributed by atoms with Crippen LogP contribution in [0.3, 0.4) is 0 Å². The summed E-state index contributed by atoms with van der Waals surface area (Å²) in [6.07, 6.45) is 3.79. The normalized spacial score (nSPS) is 14.3. The fraction of sp³-hybridized carbons (Fsp3) is 0.115. The van der Waals surface area contributed by atoms with Gasteiger partial charge in [0.25, 0.3) is 0 Å². The average Bonchev–Trinajstić information content (AvgIpc) is 3.17. The number of fused-ring (bicyclic) bond motifs is 6. The number of nitrogens with zero attached hydrogens (tertiary/aromatic N) is 2. The maximum Gasteiger partial charge on any atom is 0.0571 e. The van der Waals surface area contributed by atoms with Gasteiger partial charge in [0.05, 0.1) is 11.0 Å². The zero-order chi connectivity index (χ0) is 19.8. The predicted octanol–water partition coefficient (Wildman–Crippen LogP) is 7.14. The highest BCUT2D eigenvalue weighted by Crippen LogP contribution is 2.49. The number of halogens is 1. The topological polar surface area (TPSA) is 17.8 Å². The van der Waals surface area contributed by atoms with E-state index in [1.165, 1.54) is 27.6 Å². The van der Waals surface area contributed by atoms with Crippen LogP contribution < -0.4 is 0 Å². The maximum atomic E-state index is 6.38. The number of hydrogen-bond acceptors (Lipinski definition) is 1. The molecule has 0 unspecified atom stereocenters. The van der Waals surface area contributed by atoms with E-state index in [-0.39, 0.29) is 5.41 Å². The minimum absolute atomic E-state index is 0.0279. The van der Waals surface area contributed by atoms with E-state index in [9.17, 15) is 0 Å². The van der Waals surface area contributed by atoms with E-state index in [0.717, 1.165) is 27.1 Å². The van der Waals surface area contributed by atoms with E-state index in [2.05, 4.69) is 78.0 Å². The van der Waals surface area contributed by atoms with Crippen molar-refractivity contribution in [2.24, 2.45) is 0 Å². The highest BCUT2D eigenvalue weighted by atomic mass is 35.5. The van der Waals surface area contributed by atoms with Crippen molar-refractivity contribution in [2.45, 2.75) is 19.3 Å². The first-order chi connectivity index (χ1) is 14.1. The smallest absolute Gasteiger partial charge is 0.0571 e. The molecule has 0 saturated heterocycles. The molecule has 0 radical (unpaired) electrons. The fourth-order valence-electron chi connectivity index (χ4n) is 4.95. The van der Waals surface area contributed by atoms with Crippen molar-refractivity contribution in [3.8, 4) is 16.8 Å². The molecule has 3 aromatic carbocycles. The molecule has 140 valence electrons. The molecule has 3 heteroatoms. The Labute approximate surface area is 174 Å². The van der Waals surface area contributed by atoms with Crippen molar-refractivity contribution in [2.75, 3.05) is 0 Å². The minimum atomic E-state index is -0.0279. The standard InChI is InChI=1S/C26H19ClN2/c1-26(2)22-6-4-3-5-18(22)19-10-8-17(14-23(19)26)29-24-11-12-28-15-21(24)20-9-7-16(27)13-25(20)29/h3-15H,1-2H3. The highest BCUT2D eigenvalue weighted by Gasteiger charge is 2.35. The van der Waals surface area contributed by atoms with Crippen LogP contribution in [-0.4, -0.2) is 9.55 Å². The fourth-order valence-corrected chi connectivity index (χ4v) is 5.11. The Hall–Kier alpha value is -3.10. The van der Waals surface area contributed by atoms with Gasteiger partial charge in [-0.1, -0.05) is 61.8 Å². The molecule has 2 aromatic heterocycles. The Bertz CT molecular complexity index is 1440. The monoisotopic (exact) mass is 394 g/mol. The Balaban J connectivity index is 1.68. The molecule has 0 fully saturated rings. The molecule has 5 aromatic rings. The van der Waals surface area contributed by atoms with Gasteiger partial charge in [0.2, 0.25) is 0 Å². The van der Waals surface area contributed by atoms with Gasteiger partial charge in [0.1, 0.15) is 0 Å². The van der Waals surface area contributed by atoms with Crippen molar-refractivity contribution in [1.29, 1.82) is 0 Å². The third kappa shape index (κ3) is 2.21. The minimum Gasteiger partial charge on any atom is -0.309 e. The van der Waals surface area contributed by atoms with Crippen molar-refractivity contribution < 1.29 is 0 Å². The quantitative estimate of drug-likeness (QED) is 0.295. The van der Waals surface area contributed by atoms with E-state index < -0.39 is 0 Å². The van der Waals surface area contributed by atoms with Crippen LogP contribution in [0.15, 0.2) is 79.1 Å². The second-order valence-electron chi connectivity index (χ2n) is 8.29. The lowest BCUT2D eigenvalue weighted by Gasteiger charge is -2.22. The van der Waals surface area contributed by atoms with E-state index >= 15 is 0 Å². The van der Waals surface area contributed by atoms with Crippen molar-refractivity contribution in [3.05, 3.63) is 95.3 Å². The van der Waals surface area contributed by atoms with Crippen LogP contribution in [0.2, 0.25) is 5.02 Å². The number of rotatable bonds is 1. The summed E-state index contributed by atoms with van der Waals surface area (Å²) < 4.78 is 2.30. The largest absolute Gasteiger partial charge is 0.309 e. The van der Waals surface area contributed by atoms with Crippen LogP contribution >= 0.6 is 11.6 Å². The lowest BCUT2D eigenvalue weighted by Crippen LogP contribution is -2.15. The van der Waals surface area contributed by atoms with Crippen molar-refractivity contribution >= 4 is 33.4 Å². The molecule has 0 spiro atoms. The molecule has 1 aliphatic carbocycles. The lowest BCUT2D eigenvalue weighted by molar-refractivity contribution is 0.660. The molecular formula is C26H19ClN2. The van der Waals surface area contributed by atoms with Gasteiger partial charge in [-0.2, -0.15) is 0 Å². The van der Waals surface area contributed by atoms with Crippen LogP contribution in [-0.2, 0) is 5.41 Å². The summed E-state index contributed by atoms with van der Waals surface area (Å²) >= 11 is 6.38. The zero-order valence-electron chi connectivity index (χ0n) is 16.3. The Morgan fingerprint density at radius 3 is 2.52 bits per heavy atom. The van der Waals surface area contributed by atoms with Crippen molar-refractivity contribution in [1.82, 2.24) is 9.55 Å². The van der Waals surface area contributed by atoms with Crippen LogP contribution in [0.4, 0.5) is 0 Å². The first-order valence-electron chi connectivity index (χ1n) is 9.84. The first kappa shape index (κ1) is 16.8. The molecule has 0 N–H and O–H groups in total. The second-order valence-corrected chi connectivity index (χ2v) is 8.73. The molecule has 0 atom stereocenters. The molecule has 0 saturated carbocycles. The Morgan fingerprint density at radius 1 is 0.793 bits per heavy atom. The van der Waals surface area contributed by atoms with E-state index in [1.54, 1.807) is 0 Å². The van der Waals surface area contributed by atoms with Gasteiger partial charge in [0, 0.05) is 39.3 Å². The predicted molar refractivity (Wildman–Crippen MR) is 121 cm³/mol. The highest BCUT2D eigenvalue weighted by molar-refractivity contribution is 6.31. The van der Waals surface area contributed by atoms with E-state index in [1.807, 2.05) is 24.5 Å². The summed E-state index contributed by atoms with van der Waals surface area (Å²) in [5.74, 6) is 0. The maximum absolute atomic E-state index is 6.38. The molecule has 0 bridgehead atoms. The third-order valence-electron chi connectivity index (χ3n) is 6.36. The van der Waals surface area contributed by atoms with Crippen LogP contribution in [0.25, 0.3) is 38.6 Å². The molecule has 1 aliphatic rings. The van der Waals surface area contributed by atoms with Gasteiger partial charge < -0.3 is 4.57 Å². The summed E-state index contributed by atoms with van der Waals surface area (Å²) in [6.45, 7) is 4.63. The first-order valence-corrected chi connectivity index (χ1v) is 10.2. The van der Waals surface area contributed by atoms with Gasteiger partial charge in [-0.05, 0) is 52.6 Å². The number of pyridine rings is 1. The summed E-state index contributed by atoms with van der Waals surface area (Å²) in [5, 5.41) is 3.05. The second kappa shape index (κ2) is 5.71. The van der Waals surface area contributed by atoms with Gasteiger partial charge in [-0.15, -0.1) is 0 Å². The molecule has 0 amide bonds. The average molecular weight is 395 g/mol. The summed E-state index contributed by atoms with van der Waals surface area (Å²) in [5.41, 5.74) is 8.80. The number of aromatic nitrogens is 2. The van der Waals surface area contributed by atoms with Crippen LogP contribution in [0.1, 0.15) is 25.0 Å².